The first-order chi connectivity index (χ1) is 8.15. The molecule has 1 aliphatic carbocycles. The Labute approximate surface area is 116 Å². The van der Waals surface area contributed by atoms with Crippen molar-refractivity contribution in [3.05, 3.63) is 34.1 Å². The van der Waals surface area contributed by atoms with Crippen LogP contribution < -0.4 is 0 Å². The van der Waals surface area contributed by atoms with Crippen LogP contribution in [0, 0.1) is 11.7 Å². The predicted octanol–water partition coefficient (Wildman–Crippen LogP) is 5.32. The second-order valence-corrected chi connectivity index (χ2v) is 6.37. The Bertz CT molecular complexity index is 360. The maximum atomic E-state index is 13.3. The zero-order valence-corrected chi connectivity index (χ0v) is 12.1. The van der Waals surface area contributed by atoms with E-state index >= 15 is 0 Å². The van der Waals surface area contributed by atoms with Gasteiger partial charge in [-0.15, -0.1) is 11.6 Å². The maximum absolute atomic E-state index is 13.3. The molecule has 94 valence electrons. The summed E-state index contributed by atoms with van der Waals surface area (Å²) in [5, 5.41) is 0.250. The summed E-state index contributed by atoms with van der Waals surface area (Å²) < 4.78 is 14.1. The van der Waals surface area contributed by atoms with Gasteiger partial charge in [0.05, 0.1) is 0 Å². The highest BCUT2D eigenvalue weighted by molar-refractivity contribution is 9.10. The second-order valence-electron chi connectivity index (χ2n) is 4.90. The first kappa shape index (κ1) is 13.4. The monoisotopic (exact) mass is 318 g/mol. The fraction of sp³-hybridized carbons (Fsp3) is 0.571. The molecule has 1 aromatic carbocycles. The van der Waals surface area contributed by atoms with Crippen LogP contribution in [0.1, 0.15) is 37.7 Å². The summed E-state index contributed by atoms with van der Waals surface area (Å²) in [7, 11) is 0. The maximum Gasteiger partial charge on any atom is 0.124 e. The van der Waals surface area contributed by atoms with Gasteiger partial charge in [0.25, 0.3) is 0 Å². The van der Waals surface area contributed by atoms with Crippen molar-refractivity contribution < 1.29 is 4.39 Å². The molecule has 1 aromatic rings. The molecule has 0 spiro atoms. The minimum absolute atomic E-state index is 0.172. The van der Waals surface area contributed by atoms with E-state index in [-0.39, 0.29) is 11.2 Å². The van der Waals surface area contributed by atoms with E-state index < -0.39 is 0 Å². The molecule has 0 radical (unpaired) electrons. The standard InChI is InChI=1S/C14H17BrClF/c15-12-7-10(8-13(17)9-12)6-11-4-2-1-3-5-14(11)16/h7-9,11,14H,1-6H2. The van der Waals surface area contributed by atoms with Gasteiger partial charge in [-0.05, 0) is 48.9 Å². The van der Waals surface area contributed by atoms with Crippen molar-refractivity contribution in [2.45, 2.75) is 43.9 Å². The molecule has 1 saturated carbocycles. The summed E-state index contributed by atoms with van der Waals surface area (Å²) in [6, 6.07) is 5.12. The lowest BCUT2D eigenvalue weighted by Gasteiger charge is -2.19. The lowest BCUT2D eigenvalue weighted by Crippen LogP contribution is -2.16. The molecule has 2 rings (SSSR count). The molecule has 2 atom stereocenters. The summed E-state index contributed by atoms with van der Waals surface area (Å²) in [6.45, 7) is 0. The summed E-state index contributed by atoms with van der Waals surface area (Å²) in [5.74, 6) is 0.321. The minimum Gasteiger partial charge on any atom is -0.207 e. The molecule has 0 N–H and O–H groups in total. The summed E-state index contributed by atoms with van der Waals surface area (Å²) in [6.07, 6.45) is 6.93. The van der Waals surface area contributed by atoms with Crippen molar-refractivity contribution in [3.63, 3.8) is 0 Å². The van der Waals surface area contributed by atoms with E-state index in [0.29, 0.717) is 5.92 Å². The number of hydrogen-bond acceptors (Lipinski definition) is 0. The molecule has 0 saturated heterocycles. The molecule has 17 heavy (non-hydrogen) atoms. The van der Waals surface area contributed by atoms with E-state index in [4.69, 9.17) is 11.6 Å². The van der Waals surface area contributed by atoms with Crippen molar-refractivity contribution in [1.29, 1.82) is 0 Å². The smallest absolute Gasteiger partial charge is 0.124 e. The van der Waals surface area contributed by atoms with Crippen LogP contribution in [0.15, 0.2) is 22.7 Å². The number of halogens is 3. The van der Waals surface area contributed by atoms with E-state index in [1.54, 1.807) is 6.07 Å². The number of alkyl halides is 1. The number of hydrogen-bond donors (Lipinski definition) is 0. The van der Waals surface area contributed by atoms with Crippen LogP contribution in [0.5, 0.6) is 0 Å². The van der Waals surface area contributed by atoms with E-state index in [9.17, 15) is 4.39 Å². The fourth-order valence-corrected chi connectivity index (χ4v) is 3.48. The second kappa shape index (κ2) is 6.19. The van der Waals surface area contributed by atoms with Gasteiger partial charge in [0, 0.05) is 9.85 Å². The molecule has 1 aliphatic rings. The third-order valence-electron chi connectivity index (χ3n) is 3.49. The van der Waals surface area contributed by atoms with Gasteiger partial charge >= 0.3 is 0 Å². The first-order valence-electron chi connectivity index (χ1n) is 6.24. The molecule has 0 amide bonds. The van der Waals surface area contributed by atoms with Crippen molar-refractivity contribution in [2.75, 3.05) is 0 Å². The Morgan fingerprint density at radius 2 is 1.94 bits per heavy atom. The van der Waals surface area contributed by atoms with Gasteiger partial charge in [0.15, 0.2) is 0 Å². The van der Waals surface area contributed by atoms with Crippen LogP contribution in [0.25, 0.3) is 0 Å². The zero-order valence-electron chi connectivity index (χ0n) is 9.76. The van der Waals surface area contributed by atoms with Gasteiger partial charge < -0.3 is 0 Å². The van der Waals surface area contributed by atoms with Crippen LogP contribution in [-0.2, 0) is 6.42 Å². The van der Waals surface area contributed by atoms with E-state index in [2.05, 4.69) is 15.9 Å². The van der Waals surface area contributed by atoms with Gasteiger partial charge in [0.1, 0.15) is 5.82 Å². The summed E-state index contributed by atoms with van der Waals surface area (Å²) in [5.41, 5.74) is 1.05. The van der Waals surface area contributed by atoms with Crippen molar-refractivity contribution >= 4 is 27.5 Å². The Morgan fingerprint density at radius 1 is 1.18 bits per heavy atom. The summed E-state index contributed by atoms with van der Waals surface area (Å²) >= 11 is 9.75. The average Bonchev–Trinajstić information content (AvgIpc) is 2.43. The SMILES string of the molecule is Fc1cc(Br)cc(CC2CCCCCC2Cl)c1. The average molecular weight is 320 g/mol. The lowest BCUT2D eigenvalue weighted by molar-refractivity contribution is 0.464. The van der Waals surface area contributed by atoms with Crippen LogP contribution in [0.3, 0.4) is 0 Å². The van der Waals surface area contributed by atoms with Gasteiger partial charge in [-0.3, -0.25) is 0 Å². The minimum atomic E-state index is -0.172. The van der Waals surface area contributed by atoms with E-state index in [1.165, 1.54) is 31.7 Å². The largest absolute Gasteiger partial charge is 0.207 e. The zero-order chi connectivity index (χ0) is 12.3. The normalized spacial score (nSPS) is 25.6. The third kappa shape index (κ3) is 3.96. The van der Waals surface area contributed by atoms with Crippen LogP contribution in [0.2, 0.25) is 0 Å². The number of rotatable bonds is 2. The van der Waals surface area contributed by atoms with Gasteiger partial charge in [0.2, 0.25) is 0 Å². The molecule has 0 aromatic heterocycles. The van der Waals surface area contributed by atoms with Crippen LogP contribution in [-0.4, -0.2) is 5.38 Å². The van der Waals surface area contributed by atoms with E-state index in [0.717, 1.165) is 22.9 Å². The highest BCUT2D eigenvalue weighted by Crippen LogP contribution is 2.30. The van der Waals surface area contributed by atoms with Gasteiger partial charge in [-0.25, -0.2) is 4.39 Å². The Kier molecular flexibility index (Phi) is 4.87. The number of benzene rings is 1. The lowest BCUT2D eigenvalue weighted by atomic mass is 9.92. The molecular weight excluding hydrogens is 303 g/mol. The molecule has 0 heterocycles. The predicted molar refractivity (Wildman–Crippen MR) is 74.0 cm³/mol. The molecule has 0 aliphatic heterocycles. The highest BCUT2D eigenvalue weighted by Gasteiger charge is 2.22. The van der Waals surface area contributed by atoms with Crippen molar-refractivity contribution in [1.82, 2.24) is 0 Å². The van der Waals surface area contributed by atoms with Gasteiger partial charge in [-0.1, -0.05) is 35.2 Å². The molecule has 1 fully saturated rings. The quantitative estimate of drug-likeness (QED) is 0.511. The Hall–Kier alpha value is -0.0800. The third-order valence-corrected chi connectivity index (χ3v) is 4.52. The fourth-order valence-electron chi connectivity index (χ4n) is 2.60. The van der Waals surface area contributed by atoms with Crippen LogP contribution in [0.4, 0.5) is 4.39 Å². The molecule has 0 nitrogen and oxygen atoms in total. The van der Waals surface area contributed by atoms with E-state index in [1.807, 2.05) is 6.07 Å². The summed E-state index contributed by atoms with van der Waals surface area (Å²) in [4.78, 5) is 0. The molecule has 0 bridgehead atoms. The Balaban J connectivity index is 2.07. The molecule has 3 heteroatoms. The topological polar surface area (TPSA) is 0 Å². The van der Waals surface area contributed by atoms with Crippen LogP contribution >= 0.6 is 27.5 Å². The molecule has 2 unspecified atom stereocenters. The van der Waals surface area contributed by atoms with Gasteiger partial charge in [-0.2, -0.15) is 0 Å². The van der Waals surface area contributed by atoms with Crippen molar-refractivity contribution in [3.8, 4) is 0 Å². The highest BCUT2D eigenvalue weighted by atomic mass is 79.9. The molecular formula is C14H17BrClF. The van der Waals surface area contributed by atoms with Crippen molar-refractivity contribution in [2.24, 2.45) is 5.92 Å². The first-order valence-corrected chi connectivity index (χ1v) is 7.47. The Morgan fingerprint density at radius 3 is 2.71 bits per heavy atom.